The van der Waals surface area contributed by atoms with Gasteiger partial charge in [-0.15, -0.1) is 5.10 Å². The molecule has 0 radical (unpaired) electrons. The molecule has 1 aromatic carbocycles. The van der Waals surface area contributed by atoms with Crippen molar-refractivity contribution in [1.82, 2.24) is 20.5 Å². The van der Waals surface area contributed by atoms with Crippen LogP contribution >= 0.6 is 15.9 Å². The number of rotatable bonds is 3. The predicted octanol–water partition coefficient (Wildman–Crippen LogP) is 1.30. The van der Waals surface area contributed by atoms with E-state index in [1.165, 1.54) is 5.56 Å². The standard InChI is InChI=1S/C12H11BrN4O2/c13-12-15-10(16-17-12)11(18)14-6-8-5-7-3-1-2-4-9(7)19-8/h1-4,8H,5-6H2,(H,14,18)(H,15,16,17). The number of benzene rings is 1. The van der Waals surface area contributed by atoms with Gasteiger partial charge in [-0.1, -0.05) is 18.2 Å². The van der Waals surface area contributed by atoms with E-state index in [-0.39, 0.29) is 17.8 Å². The van der Waals surface area contributed by atoms with Gasteiger partial charge in [0.1, 0.15) is 11.9 Å². The summed E-state index contributed by atoms with van der Waals surface area (Å²) in [4.78, 5) is 15.6. The first-order valence-electron chi connectivity index (χ1n) is 5.83. The number of aromatic amines is 1. The second-order valence-corrected chi connectivity index (χ2v) is 4.96. The molecule has 2 N–H and O–H groups in total. The summed E-state index contributed by atoms with van der Waals surface area (Å²) < 4.78 is 6.16. The average Bonchev–Trinajstić information content (AvgIpc) is 3.01. The third-order valence-electron chi connectivity index (χ3n) is 2.87. The Morgan fingerprint density at radius 2 is 2.37 bits per heavy atom. The summed E-state index contributed by atoms with van der Waals surface area (Å²) in [6.07, 6.45) is 0.762. The number of fused-ring (bicyclic) bond motifs is 1. The van der Waals surface area contributed by atoms with Crippen molar-refractivity contribution >= 4 is 21.8 Å². The SMILES string of the molecule is O=C(NCC1Cc2ccccc2O1)c1n[nH]c(Br)n1. The molecule has 1 unspecified atom stereocenters. The maximum Gasteiger partial charge on any atom is 0.291 e. The number of H-pyrrole nitrogens is 1. The van der Waals surface area contributed by atoms with E-state index in [1.807, 2.05) is 24.3 Å². The number of para-hydroxylation sites is 1. The highest BCUT2D eigenvalue weighted by Crippen LogP contribution is 2.27. The highest BCUT2D eigenvalue weighted by Gasteiger charge is 2.23. The number of amides is 1. The number of hydrogen-bond acceptors (Lipinski definition) is 4. The third kappa shape index (κ3) is 2.60. The van der Waals surface area contributed by atoms with Crippen LogP contribution in [0, 0.1) is 0 Å². The fourth-order valence-electron chi connectivity index (χ4n) is 2.00. The summed E-state index contributed by atoms with van der Waals surface area (Å²) in [5.74, 6) is 0.686. The summed E-state index contributed by atoms with van der Waals surface area (Å²) in [7, 11) is 0. The Bertz CT molecular complexity index is 588. The molecule has 0 spiro atoms. The van der Waals surface area contributed by atoms with Crippen molar-refractivity contribution in [2.24, 2.45) is 0 Å². The summed E-state index contributed by atoms with van der Waals surface area (Å²) >= 11 is 3.10. The van der Waals surface area contributed by atoms with Crippen LogP contribution in [-0.2, 0) is 6.42 Å². The molecular weight excluding hydrogens is 312 g/mol. The normalized spacial score (nSPS) is 16.8. The molecule has 0 bridgehead atoms. The number of halogens is 1. The number of carbonyl (C=O) groups is 1. The summed E-state index contributed by atoms with van der Waals surface area (Å²) in [5.41, 5.74) is 1.17. The van der Waals surface area contributed by atoms with Crippen LogP contribution in [0.25, 0.3) is 0 Å². The molecule has 1 aliphatic rings. The first-order chi connectivity index (χ1) is 9.22. The number of hydrogen-bond donors (Lipinski definition) is 2. The quantitative estimate of drug-likeness (QED) is 0.892. The Morgan fingerprint density at radius 3 is 3.11 bits per heavy atom. The van der Waals surface area contributed by atoms with E-state index in [4.69, 9.17) is 4.74 Å². The molecule has 6 nitrogen and oxygen atoms in total. The predicted molar refractivity (Wildman–Crippen MR) is 71.0 cm³/mol. The number of ether oxygens (including phenoxy) is 1. The van der Waals surface area contributed by atoms with Gasteiger partial charge in [-0.25, -0.2) is 0 Å². The van der Waals surface area contributed by atoms with Crippen molar-refractivity contribution < 1.29 is 9.53 Å². The first-order valence-corrected chi connectivity index (χ1v) is 6.62. The molecule has 19 heavy (non-hydrogen) atoms. The van der Waals surface area contributed by atoms with Crippen molar-refractivity contribution in [3.05, 3.63) is 40.4 Å². The molecule has 2 aromatic rings. The smallest absolute Gasteiger partial charge is 0.291 e. The van der Waals surface area contributed by atoms with Crippen LogP contribution in [0.2, 0.25) is 0 Å². The molecular formula is C12H11BrN4O2. The van der Waals surface area contributed by atoms with E-state index in [0.717, 1.165) is 12.2 Å². The van der Waals surface area contributed by atoms with Crippen LogP contribution in [-0.4, -0.2) is 33.7 Å². The van der Waals surface area contributed by atoms with Crippen molar-refractivity contribution in [2.45, 2.75) is 12.5 Å². The molecule has 1 aliphatic heterocycles. The molecule has 3 rings (SSSR count). The fourth-order valence-corrected chi connectivity index (χ4v) is 2.25. The molecule has 0 saturated heterocycles. The lowest BCUT2D eigenvalue weighted by Crippen LogP contribution is -2.35. The van der Waals surface area contributed by atoms with Crippen molar-refractivity contribution in [3.8, 4) is 5.75 Å². The van der Waals surface area contributed by atoms with Gasteiger partial charge in [0.25, 0.3) is 5.91 Å². The Balaban J connectivity index is 1.56. The maximum absolute atomic E-state index is 11.8. The molecule has 0 fully saturated rings. The third-order valence-corrected chi connectivity index (χ3v) is 3.22. The molecule has 1 amide bonds. The highest BCUT2D eigenvalue weighted by molar-refractivity contribution is 9.10. The van der Waals surface area contributed by atoms with Gasteiger partial charge >= 0.3 is 0 Å². The lowest BCUT2D eigenvalue weighted by molar-refractivity contribution is 0.0923. The first kappa shape index (κ1) is 12.2. The van der Waals surface area contributed by atoms with Crippen molar-refractivity contribution in [3.63, 3.8) is 0 Å². The van der Waals surface area contributed by atoms with Gasteiger partial charge in [0, 0.05) is 6.42 Å². The Labute approximate surface area is 117 Å². The number of nitrogens with zero attached hydrogens (tertiary/aromatic N) is 2. The monoisotopic (exact) mass is 322 g/mol. The van der Waals surface area contributed by atoms with Crippen LogP contribution in [0.15, 0.2) is 29.0 Å². The zero-order valence-corrected chi connectivity index (χ0v) is 11.5. The summed E-state index contributed by atoms with van der Waals surface area (Å²) in [6.45, 7) is 0.430. The van der Waals surface area contributed by atoms with Crippen LogP contribution in [0.3, 0.4) is 0 Å². The minimum absolute atomic E-state index is 0.0382. The molecule has 7 heteroatoms. The number of carbonyl (C=O) groups excluding carboxylic acids is 1. The van der Waals surface area contributed by atoms with E-state index < -0.39 is 0 Å². The molecule has 0 saturated carbocycles. The van der Waals surface area contributed by atoms with Gasteiger partial charge in [0.2, 0.25) is 5.82 Å². The molecule has 1 aromatic heterocycles. The van der Waals surface area contributed by atoms with E-state index in [1.54, 1.807) is 0 Å². The van der Waals surface area contributed by atoms with Gasteiger partial charge in [0.05, 0.1) is 6.54 Å². The van der Waals surface area contributed by atoms with Crippen molar-refractivity contribution in [2.75, 3.05) is 6.54 Å². The van der Waals surface area contributed by atoms with Crippen LogP contribution in [0.5, 0.6) is 5.75 Å². The Kier molecular flexibility index (Phi) is 3.20. The molecule has 1 atom stereocenters. The highest BCUT2D eigenvalue weighted by atomic mass is 79.9. The van der Waals surface area contributed by atoms with Gasteiger partial charge < -0.3 is 10.1 Å². The summed E-state index contributed by atoms with van der Waals surface area (Å²) in [6, 6.07) is 7.88. The zero-order valence-electron chi connectivity index (χ0n) is 9.89. The zero-order chi connectivity index (χ0) is 13.2. The second-order valence-electron chi connectivity index (χ2n) is 4.21. The van der Waals surface area contributed by atoms with E-state index in [9.17, 15) is 4.79 Å². The van der Waals surface area contributed by atoms with Crippen molar-refractivity contribution in [1.29, 1.82) is 0 Å². The van der Waals surface area contributed by atoms with E-state index >= 15 is 0 Å². The maximum atomic E-state index is 11.8. The Hall–Kier alpha value is -1.89. The van der Waals surface area contributed by atoms with Gasteiger partial charge in [-0.3, -0.25) is 9.89 Å². The topological polar surface area (TPSA) is 79.9 Å². The van der Waals surface area contributed by atoms with Gasteiger partial charge in [-0.2, -0.15) is 4.98 Å². The van der Waals surface area contributed by atoms with E-state index in [0.29, 0.717) is 11.3 Å². The van der Waals surface area contributed by atoms with Crippen LogP contribution in [0.1, 0.15) is 16.2 Å². The second kappa shape index (κ2) is 5.00. The lowest BCUT2D eigenvalue weighted by Gasteiger charge is -2.10. The van der Waals surface area contributed by atoms with Gasteiger partial charge in [-0.05, 0) is 27.6 Å². The number of aromatic nitrogens is 3. The fraction of sp³-hybridized carbons (Fsp3) is 0.250. The average molecular weight is 323 g/mol. The largest absolute Gasteiger partial charge is 0.488 e. The minimum atomic E-state index is -0.318. The van der Waals surface area contributed by atoms with Crippen LogP contribution < -0.4 is 10.1 Å². The van der Waals surface area contributed by atoms with Crippen LogP contribution in [0.4, 0.5) is 0 Å². The molecule has 98 valence electrons. The Morgan fingerprint density at radius 1 is 1.53 bits per heavy atom. The molecule has 2 heterocycles. The molecule has 0 aliphatic carbocycles. The van der Waals surface area contributed by atoms with E-state index in [2.05, 4.69) is 36.4 Å². The number of nitrogens with one attached hydrogen (secondary N) is 2. The lowest BCUT2D eigenvalue weighted by atomic mass is 10.1. The minimum Gasteiger partial charge on any atom is -0.488 e. The van der Waals surface area contributed by atoms with Gasteiger partial charge in [0.15, 0.2) is 4.73 Å². The summed E-state index contributed by atoms with van der Waals surface area (Å²) in [5, 5.41) is 9.08.